The van der Waals surface area contributed by atoms with Gasteiger partial charge >= 0.3 is 0 Å². The monoisotopic (exact) mass is 350 g/mol. The van der Waals surface area contributed by atoms with Crippen LogP contribution in [0.5, 0.6) is 0 Å². The highest BCUT2D eigenvalue weighted by Gasteiger charge is 2.67. The second-order valence-electron chi connectivity index (χ2n) is 8.28. The summed E-state index contributed by atoms with van der Waals surface area (Å²) in [7, 11) is 0. The van der Waals surface area contributed by atoms with Gasteiger partial charge in [0, 0.05) is 5.69 Å². The van der Waals surface area contributed by atoms with Crippen molar-refractivity contribution in [3.63, 3.8) is 0 Å². The molecule has 1 heterocycles. The maximum atomic E-state index is 12.9. The summed E-state index contributed by atoms with van der Waals surface area (Å²) < 4.78 is 0. The lowest BCUT2D eigenvalue weighted by Crippen LogP contribution is -2.40. The molecule has 26 heavy (non-hydrogen) atoms. The van der Waals surface area contributed by atoms with E-state index in [9.17, 15) is 14.4 Å². The standard InChI is InChI=1S/C21H22N2O3/c1-10-3-4-11(2)16(7-10)22-17(24)9-23-20(25)18-12-5-6-13(15-8-14(12)15)19(18)21(23)26/h3-7,12-15,18-19H,8-9H2,1-2H3,(H,22,24)/t12-,13-,14-,15-,18-,19+/m1/s1. The SMILES string of the molecule is Cc1ccc(C)c(NC(=O)CN2C(=O)[C@@H]3[C@@H]4C=C[C@H]([C@H]5C[C@H]45)[C@@H]3C2=O)c1. The minimum absolute atomic E-state index is 0.152. The van der Waals surface area contributed by atoms with E-state index in [4.69, 9.17) is 0 Å². The second-order valence-corrected chi connectivity index (χ2v) is 8.28. The molecule has 1 aliphatic heterocycles. The zero-order chi connectivity index (χ0) is 18.2. The predicted molar refractivity (Wildman–Crippen MR) is 96.0 cm³/mol. The van der Waals surface area contributed by atoms with Crippen molar-refractivity contribution >= 4 is 23.4 Å². The number of nitrogens with zero attached hydrogens (tertiary/aromatic N) is 1. The van der Waals surface area contributed by atoms with Crippen LogP contribution in [0.3, 0.4) is 0 Å². The number of hydrogen-bond donors (Lipinski definition) is 1. The Kier molecular flexibility index (Phi) is 3.21. The van der Waals surface area contributed by atoms with Crippen LogP contribution in [0.4, 0.5) is 5.69 Å². The maximum Gasteiger partial charge on any atom is 0.244 e. The van der Waals surface area contributed by atoms with Crippen LogP contribution < -0.4 is 5.32 Å². The number of nitrogens with one attached hydrogen (secondary N) is 1. The molecule has 5 aliphatic rings. The van der Waals surface area contributed by atoms with Gasteiger partial charge in [-0.1, -0.05) is 24.3 Å². The minimum Gasteiger partial charge on any atom is -0.324 e. The van der Waals surface area contributed by atoms with Gasteiger partial charge in [-0.25, -0.2) is 0 Å². The summed E-state index contributed by atoms with van der Waals surface area (Å²) in [5.41, 5.74) is 2.74. The highest BCUT2D eigenvalue weighted by Crippen LogP contribution is 2.65. The van der Waals surface area contributed by atoms with Crippen molar-refractivity contribution in [2.45, 2.75) is 20.3 Å². The van der Waals surface area contributed by atoms with E-state index in [1.807, 2.05) is 32.0 Å². The maximum absolute atomic E-state index is 12.9. The first-order chi connectivity index (χ1) is 12.5. The number of aryl methyl sites for hydroxylation is 2. The third-order valence-corrected chi connectivity index (χ3v) is 6.72. The van der Waals surface area contributed by atoms with Gasteiger partial charge in [0.1, 0.15) is 6.54 Å². The Hall–Kier alpha value is -2.43. The van der Waals surface area contributed by atoms with E-state index in [1.165, 1.54) is 4.90 Å². The molecule has 1 N–H and O–H groups in total. The summed E-state index contributed by atoms with van der Waals surface area (Å²) in [6.07, 6.45) is 5.43. The van der Waals surface area contributed by atoms with Gasteiger partial charge in [-0.2, -0.15) is 0 Å². The van der Waals surface area contributed by atoms with Gasteiger partial charge in [-0.3, -0.25) is 19.3 Å². The number of allylic oxidation sites excluding steroid dienone is 2. The molecular weight excluding hydrogens is 328 g/mol. The normalized spacial score (nSPS) is 36.2. The lowest BCUT2D eigenvalue weighted by atomic mass is 9.63. The van der Waals surface area contributed by atoms with Gasteiger partial charge in [0.05, 0.1) is 11.8 Å². The first kappa shape index (κ1) is 15.8. The number of carbonyl (C=O) groups excluding carboxylic acids is 3. The summed E-state index contributed by atoms with van der Waals surface area (Å²) in [6.45, 7) is 3.69. The average Bonchev–Trinajstić information content (AvgIpc) is 3.39. The molecule has 0 spiro atoms. The Morgan fingerprint density at radius 3 is 2.31 bits per heavy atom. The largest absolute Gasteiger partial charge is 0.324 e. The van der Waals surface area contributed by atoms with Crippen LogP contribution in [0.1, 0.15) is 17.5 Å². The number of amides is 3. The Labute approximate surface area is 152 Å². The van der Waals surface area contributed by atoms with Crippen LogP contribution in [0.2, 0.25) is 0 Å². The predicted octanol–water partition coefficient (Wildman–Crippen LogP) is 2.30. The van der Waals surface area contributed by atoms with Crippen molar-refractivity contribution in [2.24, 2.45) is 35.5 Å². The number of rotatable bonds is 3. The lowest BCUT2D eigenvalue weighted by molar-refractivity contribution is -0.142. The fourth-order valence-corrected chi connectivity index (χ4v) is 5.38. The zero-order valence-corrected chi connectivity index (χ0v) is 14.9. The van der Waals surface area contributed by atoms with E-state index in [0.717, 1.165) is 23.2 Å². The Morgan fingerprint density at radius 1 is 1.08 bits per heavy atom. The lowest BCUT2D eigenvalue weighted by Gasteiger charge is -2.37. The number of carbonyl (C=O) groups is 3. The first-order valence-electron chi connectivity index (χ1n) is 9.36. The van der Waals surface area contributed by atoms with Crippen LogP contribution in [0, 0.1) is 49.4 Å². The first-order valence-corrected chi connectivity index (χ1v) is 9.36. The Morgan fingerprint density at radius 2 is 1.69 bits per heavy atom. The van der Waals surface area contributed by atoms with Gasteiger partial charge in [0.15, 0.2) is 0 Å². The Balaban J connectivity index is 1.34. The fourth-order valence-electron chi connectivity index (χ4n) is 5.38. The van der Waals surface area contributed by atoms with Crippen molar-refractivity contribution in [1.29, 1.82) is 0 Å². The van der Waals surface area contributed by atoms with E-state index in [2.05, 4.69) is 17.5 Å². The molecule has 5 nitrogen and oxygen atoms in total. The summed E-state index contributed by atoms with van der Waals surface area (Å²) in [6, 6.07) is 5.83. The van der Waals surface area contributed by atoms with Crippen molar-refractivity contribution in [2.75, 3.05) is 11.9 Å². The van der Waals surface area contributed by atoms with Crippen molar-refractivity contribution in [3.05, 3.63) is 41.5 Å². The van der Waals surface area contributed by atoms with E-state index in [1.54, 1.807) is 0 Å². The Bertz CT molecular complexity index is 838. The summed E-state index contributed by atoms with van der Waals surface area (Å²) in [4.78, 5) is 39.5. The van der Waals surface area contributed by atoms with Crippen molar-refractivity contribution < 1.29 is 14.4 Å². The molecule has 2 bridgehead atoms. The van der Waals surface area contributed by atoms with Gasteiger partial charge in [-0.05, 0) is 61.1 Å². The summed E-state index contributed by atoms with van der Waals surface area (Å²) >= 11 is 0. The van der Waals surface area contributed by atoms with E-state index >= 15 is 0 Å². The number of hydrogen-bond acceptors (Lipinski definition) is 3. The van der Waals surface area contributed by atoms with Crippen LogP contribution in [-0.2, 0) is 14.4 Å². The summed E-state index contributed by atoms with van der Waals surface area (Å²) in [5.74, 6) is 0.436. The molecule has 0 radical (unpaired) electrons. The van der Waals surface area contributed by atoms with E-state index < -0.39 is 0 Å². The number of likely N-dealkylation sites (tertiary alicyclic amines) is 1. The second kappa shape index (κ2) is 5.29. The molecule has 3 fully saturated rings. The molecular formula is C21H22N2O3. The molecule has 0 aromatic heterocycles. The molecule has 4 aliphatic carbocycles. The fraction of sp³-hybridized carbons (Fsp3) is 0.476. The van der Waals surface area contributed by atoms with Crippen LogP contribution in [0.25, 0.3) is 0 Å². The molecule has 5 heteroatoms. The van der Waals surface area contributed by atoms with Gasteiger partial charge in [-0.15, -0.1) is 0 Å². The van der Waals surface area contributed by atoms with Gasteiger partial charge in [0.25, 0.3) is 0 Å². The zero-order valence-electron chi connectivity index (χ0n) is 14.9. The average molecular weight is 350 g/mol. The van der Waals surface area contributed by atoms with E-state index in [0.29, 0.717) is 11.8 Å². The number of anilines is 1. The molecule has 1 aromatic carbocycles. The van der Waals surface area contributed by atoms with Crippen LogP contribution >= 0.6 is 0 Å². The third kappa shape index (κ3) is 2.12. The molecule has 3 amide bonds. The molecule has 1 saturated heterocycles. The molecule has 0 unspecified atom stereocenters. The van der Waals surface area contributed by atoms with E-state index in [-0.39, 0.29) is 47.9 Å². The highest BCUT2D eigenvalue weighted by atomic mass is 16.2. The topological polar surface area (TPSA) is 66.5 Å². The minimum atomic E-state index is -0.315. The highest BCUT2D eigenvalue weighted by molar-refractivity contribution is 6.09. The van der Waals surface area contributed by atoms with Crippen molar-refractivity contribution in [1.82, 2.24) is 4.90 Å². The number of benzene rings is 1. The third-order valence-electron chi connectivity index (χ3n) is 6.72. The van der Waals surface area contributed by atoms with Crippen molar-refractivity contribution in [3.8, 4) is 0 Å². The quantitative estimate of drug-likeness (QED) is 0.672. The van der Waals surface area contributed by atoms with Gasteiger partial charge in [0.2, 0.25) is 17.7 Å². The molecule has 2 saturated carbocycles. The number of imide groups is 1. The molecule has 134 valence electrons. The summed E-state index contributed by atoms with van der Waals surface area (Å²) in [5, 5.41) is 2.86. The van der Waals surface area contributed by atoms with Gasteiger partial charge < -0.3 is 5.32 Å². The van der Waals surface area contributed by atoms with Crippen LogP contribution in [-0.4, -0.2) is 29.2 Å². The smallest absolute Gasteiger partial charge is 0.244 e. The van der Waals surface area contributed by atoms with Crippen LogP contribution in [0.15, 0.2) is 30.4 Å². The molecule has 6 rings (SSSR count). The molecule has 1 aromatic rings. The molecule has 6 atom stereocenters.